The van der Waals surface area contributed by atoms with Gasteiger partial charge in [-0.2, -0.15) is 0 Å². The molecule has 2 aromatic carbocycles. The average molecular weight is 509 g/mol. The van der Waals surface area contributed by atoms with E-state index in [9.17, 15) is 14.4 Å². The van der Waals surface area contributed by atoms with E-state index in [4.69, 9.17) is 34.8 Å². The van der Waals surface area contributed by atoms with Gasteiger partial charge in [-0.1, -0.05) is 40.9 Å². The normalized spacial score (nSPS) is 11.2. The smallest absolute Gasteiger partial charge is 0.323 e. The minimum absolute atomic E-state index is 0.273. The summed E-state index contributed by atoms with van der Waals surface area (Å²) < 4.78 is 2.33. The SMILES string of the molecule is Cc1sc2c(c1C)c(=O)n(-c1cccc(Cl)c1)c(=O)n2CC(=O)Nc1ccc(Cl)cc1Cl. The van der Waals surface area contributed by atoms with Crippen molar-refractivity contribution >= 4 is 68.0 Å². The maximum Gasteiger partial charge on any atom is 0.337 e. The van der Waals surface area contributed by atoms with E-state index < -0.39 is 17.2 Å². The predicted molar refractivity (Wildman–Crippen MR) is 131 cm³/mol. The summed E-state index contributed by atoms with van der Waals surface area (Å²) in [5.41, 5.74) is 0.371. The number of aromatic nitrogens is 2. The first-order valence-corrected chi connectivity index (χ1v) is 11.4. The summed E-state index contributed by atoms with van der Waals surface area (Å²) in [5.74, 6) is -0.474. The van der Waals surface area contributed by atoms with Crippen LogP contribution < -0.4 is 16.6 Å². The van der Waals surface area contributed by atoms with E-state index in [1.54, 1.807) is 30.3 Å². The van der Waals surface area contributed by atoms with Crippen LogP contribution in [0.3, 0.4) is 0 Å². The number of halogens is 3. The number of fused-ring (bicyclic) bond motifs is 1. The lowest BCUT2D eigenvalue weighted by Gasteiger charge is -2.13. The van der Waals surface area contributed by atoms with Gasteiger partial charge >= 0.3 is 5.69 Å². The van der Waals surface area contributed by atoms with Crippen molar-refractivity contribution in [1.82, 2.24) is 9.13 Å². The summed E-state index contributed by atoms with van der Waals surface area (Å²) >= 11 is 19.4. The molecule has 0 spiro atoms. The molecule has 1 amide bonds. The van der Waals surface area contributed by atoms with E-state index in [0.717, 1.165) is 15.0 Å². The van der Waals surface area contributed by atoms with Crippen molar-refractivity contribution in [3.05, 3.63) is 88.8 Å². The van der Waals surface area contributed by atoms with Crippen LogP contribution in [0.4, 0.5) is 5.69 Å². The van der Waals surface area contributed by atoms with Crippen molar-refractivity contribution in [1.29, 1.82) is 0 Å². The Bertz CT molecular complexity index is 1500. The van der Waals surface area contributed by atoms with Crippen LogP contribution in [0.25, 0.3) is 15.9 Å². The molecule has 32 heavy (non-hydrogen) atoms. The minimum atomic E-state index is -0.636. The first-order valence-electron chi connectivity index (χ1n) is 9.43. The molecule has 164 valence electrons. The van der Waals surface area contributed by atoms with Gasteiger partial charge in [-0.3, -0.25) is 14.2 Å². The first kappa shape index (κ1) is 22.6. The summed E-state index contributed by atoms with van der Waals surface area (Å²) in [6.45, 7) is 3.38. The number of anilines is 1. The van der Waals surface area contributed by atoms with E-state index in [2.05, 4.69) is 5.32 Å². The van der Waals surface area contributed by atoms with Crippen LogP contribution in [-0.4, -0.2) is 15.0 Å². The monoisotopic (exact) mass is 507 g/mol. The second-order valence-electron chi connectivity index (χ2n) is 7.12. The highest BCUT2D eigenvalue weighted by molar-refractivity contribution is 7.18. The number of hydrogen-bond acceptors (Lipinski definition) is 4. The van der Waals surface area contributed by atoms with E-state index >= 15 is 0 Å². The highest BCUT2D eigenvalue weighted by atomic mass is 35.5. The van der Waals surface area contributed by atoms with Gasteiger partial charge in [0.25, 0.3) is 5.56 Å². The lowest BCUT2D eigenvalue weighted by molar-refractivity contribution is -0.116. The molecule has 0 saturated carbocycles. The number of nitrogens with one attached hydrogen (secondary N) is 1. The lowest BCUT2D eigenvalue weighted by Crippen LogP contribution is -2.40. The van der Waals surface area contributed by atoms with Crippen LogP contribution in [0.2, 0.25) is 15.1 Å². The van der Waals surface area contributed by atoms with E-state index in [1.165, 1.54) is 28.0 Å². The maximum atomic E-state index is 13.4. The topological polar surface area (TPSA) is 73.1 Å². The fraction of sp³-hybridized carbons (Fsp3) is 0.136. The van der Waals surface area contributed by atoms with Gasteiger partial charge in [0.15, 0.2) is 0 Å². The zero-order valence-corrected chi connectivity index (χ0v) is 20.0. The Balaban J connectivity index is 1.87. The fourth-order valence-corrected chi connectivity index (χ4v) is 5.14. The van der Waals surface area contributed by atoms with Gasteiger partial charge in [-0.25, -0.2) is 9.36 Å². The third-order valence-corrected chi connectivity index (χ3v) is 7.04. The molecular weight excluding hydrogens is 493 g/mol. The van der Waals surface area contributed by atoms with E-state index in [1.807, 2.05) is 13.8 Å². The van der Waals surface area contributed by atoms with Crippen molar-refractivity contribution in [3.8, 4) is 5.69 Å². The molecule has 4 rings (SSSR count). The first-order chi connectivity index (χ1) is 15.2. The molecule has 2 heterocycles. The molecule has 2 aromatic heterocycles. The molecule has 0 aliphatic heterocycles. The zero-order valence-electron chi connectivity index (χ0n) is 16.9. The number of thiophene rings is 1. The molecule has 0 aliphatic rings. The Morgan fingerprint density at radius 1 is 1.03 bits per heavy atom. The number of aryl methyl sites for hydroxylation is 2. The van der Waals surface area contributed by atoms with Gasteiger partial charge in [0, 0.05) is 14.9 Å². The number of rotatable bonds is 4. The summed E-state index contributed by atoms with van der Waals surface area (Å²) in [6, 6.07) is 11.1. The average Bonchev–Trinajstić information content (AvgIpc) is 3.02. The van der Waals surface area contributed by atoms with Crippen LogP contribution in [0, 0.1) is 13.8 Å². The third-order valence-electron chi connectivity index (χ3n) is 5.02. The lowest BCUT2D eigenvalue weighted by atomic mass is 10.2. The van der Waals surface area contributed by atoms with Gasteiger partial charge in [-0.15, -0.1) is 11.3 Å². The van der Waals surface area contributed by atoms with E-state index in [-0.39, 0.29) is 11.6 Å². The van der Waals surface area contributed by atoms with Crippen LogP contribution in [0.1, 0.15) is 10.4 Å². The largest absolute Gasteiger partial charge is 0.337 e. The predicted octanol–water partition coefficient (Wildman–Crippen LogP) is 5.43. The Morgan fingerprint density at radius 3 is 2.44 bits per heavy atom. The summed E-state index contributed by atoms with van der Waals surface area (Å²) in [6.07, 6.45) is 0. The molecule has 4 aromatic rings. The number of carbonyl (C=O) groups excluding carboxylic acids is 1. The number of benzene rings is 2. The Kier molecular flexibility index (Phi) is 6.18. The number of hydrogen-bond donors (Lipinski definition) is 1. The molecule has 0 atom stereocenters. The van der Waals surface area contributed by atoms with Crippen molar-refractivity contribution in [2.45, 2.75) is 20.4 Å². The van der Waals surface area contributed by atoms with Crippen LogP contribution in [0.15, 0.2) is 52.1 Å². The molecule has 0 unspecified atom stereocenters. The van der Waals surface area contributed by atoms with Crippen molar-refractivity contribution in [2.75, 3.05) is 5.32 Å². The van der Waals surface area contributed by atoms with Gasteiger partial charge in [-0.05, 0) is 55.8 Å². The van der Waals surface area contributed by atoms with Gasteiger partial charge in [0.2, 0.25) is 5.91 Å². The standard InChI is InChI=1S/C22H16Cl3N3O3S/c1-11-12(2)32-21-19(11)20(30)28(15-5-3-4-13(23)8-15)22(31)27(21)10-18(29)26-17-7-6-14(24)9-16(17)25/h3-9H,10H2,1-2H3,(H,26,29). The molecule has 1 N–H and O–H groups in total. The summed E-state index contributed by atoms with van der Waals surface area (Å²) in [4.78, 5) is 40.8. The fourth-order valence-electron chi connectivity index (χ4n) is 3.36. The molecule has 10 heteroatoms. The third kappa shape index (κ3) is 4.09. The van der Waals surface area contributed by atoms with Crippen LogP contribution in [-0.2, 0) is 11.3 Å². The van der Waals surface area contributed by atoms with Crippen molar-refractivity contribution in [2.24, 2.45) is 0 Å². The second kappa shape index (κ2) is 8.75. The van der Waals surface area contributed by atoms with Crippen LogP contribution >= 0.6 is 46.1 Å². The van der Waals surface area contributed by atoms with Crippen molar-refractivity contribution < 1.29 is 4.79 Å². The second-order valence-corrected chi connectivity index (χ2v) is 9.61. The Morgan fingerprint density at radius 2 is 1.75 bits per heavy atom. The molecular formula is C22H16Cl3N3O3S. The van der Waals surface area contributed by atoms with Gasteiger partial charge in [0.1, 0.15) is 11.4 Å². The highest BCUT2D eigenvalue weighted by Crippen LogP contribution is 2.28. The maximum absolute atomic E-state index is 13.4. The quantitative estimate of drug-likeness (QED) is 0.399. The zero-order chi connectivity index (χ0) is 23.2. The van der Waals surface area contributed by atoms with Gasteiger partial charge < -0.3 is 5.32 Å². The minimum Gasteiger partial charge on any atom is -0.323 e. The molecule has 6 nitrogen and oxygen atoms in total. The Hall–Kier alpha value is -2.58. The molecule has 0 radical (unpaired) electrons. The number of amides is 1. The number of nitrogens with zero attached hydrogens (tertiary/aromatic N) is 2. The van der Waals surface area contributed by atoms with Gasteiger partial charge in [0.05, 0.1) is 21.8 Å². The summed E-state index contributed by atoms with van der Waals surface area (Å²) in [5, 5.41) is 4.17. The molecule has 0 bridgehead atoms. The van der Waals surface area contributed by atoms with E-state index in [0.29, 0.717) is 31.6 Å². The molecule has 0 aliphatic carbocycles. The van der Waals surface area contributed by atoms with Crippen LogP contribution in [0.5, 0.6) is 0 Å². The van der Waals surface area contributed by atoms with Crippen molar-refractivity contribution in [3.63, 3.8) is 0 Å². The number of carbonyl (C=O) groups is 1. The molecule has 0 saturated heterocycles. The Labute approximate surface area is 201 Å². The highest BCUT2D eigenvalue weighted by Gasteiger charge is 2.21. The summed E-state index contributed by atoms with van der Waals surface area (Å²) in [7, 11) is 0. The molecule has 0 fully saturated rings.